The topological polar surface area (TPSA) is 70.4 Å². The van der Waals surface area contributed by atoms with Crippen LogP contribution >= 0.6 is 0 Å². The van der Waals surface area contributed by atoms with Crippen LogP contribution < -0.4 is 0 Å². The monoisotopic (exact) mass is 346 g/mol. The number of amides is 1. The molecule has 134 valence electrons. The van der Waals surface area contributed by atoms with Gasteiger partial charge >= 0.3 is 5.97 Å². The quantitative estimate of drug-likeness (QED) is 0.743. The molecule has 2 rings (SSSR count). The first-order valence-electron chi connectivity index (χ1n) is 8.62. The van der Waals surface area contributed by atoms with Crippen LogP contribution in [0.5, 0.6) is 0 Å². The van der Waals surface area contributed by atoms with Crippen LogP contribution in [0.4, 0.5) is 4.39 Å². The van der Waals surface area contributed by atoms with Crippen LogP contribution in [0.15, 0.2) is 24.3 Å². The molecule has 2 unspecified atom stereocenters. The summed E-state index contributed by atoms with van der Waals surface area (Å²) in [4.78, 5) is 25.7. The van der Waals surface area contributed by atoms with Gasteiger partial charge in [-0.1, -0.05) is 19.1 Å². The molecule has 5 nitrogen and oxygen atoms in total. The second kappa shape index (κ2) is 9.16. The van der Waals surface area contributed by atoms with E-state index in [9.17, 15) is 19.2 Å². The number of hydrogen-bond donors (Lipinski definition) is 0. The normalized spacial score (nSPS) is 18.3. The molecule has 0 radical (unpaired) electrons. The molecular formula is C19H23FN2O3. The van der Waals surface area contributed by atoms with Gasteiger partial charge in [0.1, 0.15) is 12.4 Å². The molecule has 0 bridgehead atoms. The van der Waals surface area contributed by atoms with Crippen LogP contribution in [0.2, 0.25) is 0 Å². The van der Waals surface area contributed by atoms with Crippen molar-refractivity contribution in [2.45, 2.75) is 32.6 Å². The SMILES string of the molecule is CCC(=O)N1CCCC(C(=O)OCC(C#N)Cc2ccc(F)cc2)C1. The van der Waals surface area contributed by atoms with Crippen molar-refractivity contribution in [2.24, 2.45) is 11.8 Å². The van der Waals surface area contributed by atoms with E-state index < -0.39 is 5.92 Å². The minimum Gasteiger partial charge on any atom is -0.464 e. The lowest BCUT2D eigenvalue weighted by atomic mass is 9.97. The second-order valence-corrected chi connectivity index (χ2v) is 6.32. The summed E-state index contributed by atoms with van der Waals surface area (Å²) in [7, 11) is 0. The molecule has 1 fully saturated rings. The number of esters is 1. The molecule has 0 spiro atoms. The average Bonchev–Trinajstić information content (AvgIpc) is 2.65. The van der Waals surface area contributed by atoms with E-state index in [1.54, 1.807) is 24.0 Å². The van der Waals surface area contributed by atoms with Crippen LogP contribution in [0, 0.1) is 29.0 Å². The van der Waals surface area contributed by atoms with E-state index in [1.165, 1.54) is 12.1 Å². The lowest BCUT2D eigenvalue weighted by molar-refractivity contribution is -0.152. The van der Waals surface area contributed by atoms with Gasteiger partial charge in [-0.3, -0.25) is 9.59 Å². The van der Waals surface area contributed by atoms with Gasteiger partial charge in [-0.05, 0) is 37.0 Å². The smallest absolute Gasteiger partial charge is 0.310 e. The fourth-order valence-electron chi connectivity index (χ4n) is 2.97. The van der Waals surface area contributed by atoms with Crippen LogP contribution in [0.3, 0.4) is 0 Å². The van der Waals surface area contributed by atoms with Crippen molar-refractivity contribution < 1.29 is 18.7 Å². The van der Waals surface area contributed by atoms with Crippen molar-refractivity contribution in [1.82, 2.24) is 4.90 Å². The number of hydrogen-bond acceptors (Lipinski definition) is 4. The van der Waals surface area contributed by atoms with Gasteiger partial charge in [0.25, 0.3) is 0 Å². The van der Waals surface area contributed by atoms with Crippen LogP contribution in [0.1, 0.15) is 31.7 Å². The molecule has 25 heavy (non-hydrogen) atoms. The summed E-state index contributed by atoms with van der Waals surface area (Å²) in [5.74, 6) is -1.44. The van der Waals surface area contributed by atoms with E-state index in [0.29, 0.717) is 32.4 Å². The Morgan fingerprint density at radius 3 is 2.76 bits per heavy atom. The first kappa shape index (κ1) is 18.9. The molecule has 0 N–H and O–H groups in total. The van der Waals surface area contributed by atoms with Gasteiger partial charge in [-0.2, -0.15) is 5.26 Å². The molecule has 0 saturated carbocycles. The Labute approximate surface area is 147 Å². The standard InChI is InChI=1S/C19H23FN2O3/c1-2-18(23)22-9-3-4-16(12-22)19(24)25-13-15(11-21)10-14-5-7-17(20)8-6-14/h5-8,15-16H,2-4,9-10,12-13H2,1H3. The number of piperidine rings is 1. The number of likely N-dealkylation sites (tertiary alicyclic amines) is 1. The zero-order valence-electron chi connectivity index (χ0n) is 14.4. The Morgan fingerprint density at radius 1 is 1.40 bits per heavy atom. The number of nitriles is 1. The molecule has 1 aliphatic heterocycles. The largest absolute Gasteiger partial charge is 0.464 e. The molecule has 1 amide bonds. The highest BCUT2D eigenvalue weighted by Gasteiger charge is 2.29. The van der Waals surface area contributed by atoms with Gasteiger partial charge in [0.15, 0.2) is 0 Å². The number of carbonyl (C=O) groups is 2. The van der Waals surface area contributed by atoms with Crippen molar-refractivity contribution in [1.29, 1.82) is 5.26 Å². The highest BCUT2D eigenvalue weighted by Crippen LogP contribution is 2.19. The van der Waals surface area contributed by atoms with Crippen molar-refractivity contribution >= 4 is 11.9 Å². The zero-order chi connectivity index (χ0) is 18.2. The van der Waals surface area contributed by atoms with Crippen LogP contribution in [-0.2, 0) is 20.7 Å². The lowest BCUT2D eigenvalue weighted by Crippen LogP contribution is -2.42. The predicted molar refractivity (Wildman–Crippen MR) is 89.8 cm³/mol. The lowest BCUT2D eigenvalue weighted by Gasteiger charge is -2.31. The van der Waals surface area contributed by atoms with Gasteiger partial charge in [0.05, 0.1) is 17.9 Å². The molecule has 6 heteroatoms. The van der Waals surface area contributed by atoms with E-state index in [1.807, 2.05) is 0 Å². The van der Waals surface area contributed by atoms with Gasteiger partial charge in [-0.25, -0.2) is 4.39 Å². The third-order valence-electron chi connectivity index (χ3n) is 4.41. The first-order chi connectivity index (χ1) is 12.0. The van der Waals surface area contributed by atoms with Gasteiger partial charge in [0.2, 0.25) is 5.91 Å². The van der Waals surface area contributed by atoms with E-state index in [4.69, 9.17) is 4.74 Å². The van der Waals surface area contributed by atoms with E-state index in [-0.39, 0.29) is 30.2 Å². The Balaban J connectivity index is 1.84. The van der Waals surface area contributed by atoms with Gasteiger partial charge in [-0.15, -0.1) is 0 Å². The summed E-state index contributed by atoms with van der Waals surface area (Å²) in [6.45, 7) is 2.88. The van der Waals surface area contributed by atoms with Crippen molar-refractivity contribution in [3.8, 4) is 6.07 Å². The minimum absolute atomic E-state index is 0.00489. The van der Waals surface area contributed by atoms with Crippen molar-refractivity contribution in [2.75, 3.05) is 19.7 Å². The molecule has 2 atom stereocenters. The van der Waals surface area contributed by atoms with Gasteiger partial charge in [0, 0.05) is 19.5 Å². The molecule has 1 saturated heterocycles. The van der Waals surface area contributed by atoms with Crippen LogP contribution in [0.25, 0.3) is 0 Å². The minimum atomic E-state index is -0.480. The molecular weight excluding hydrogens is 323 g/mol. The summed E-state index contributed by atoms with van der Waals surface area (Å²) >= 11 is 0. The molecule has 0 aliphatic carbocycles. The number of benzene rings is 1. The summed E-state index contributed by atoms with van der Waals surface area (Å²) in [6.07, 6.45) is 2.30. The molecule has 0 aromatic heterocycles. The third kappa shape index (κ3) is 5.56. The molecule has 1 aliphatic rings. The summed E-state index contributed by atoms with van der Waals surface area (Å²) in [5.41, 5.74) is 0.821. The number of carbonyl (C=O) groups excluding carboxylic acids is 2. The first-order valence-corrected chi connectivity index (χ1v) is 8.62. The molecule has 1 aromatic rings. The van der Waals surface area contributed by atoms with Crippen molar-refractivity contribution in [3.63, 3.8) is 0 Å². The fraction of sp³-hybridized carbons (Fsp3) is 0.526. The Kier molecular flexibility index (Phi) is 6.93. The predicted octanol–water partition coefficient (Wildman–Crippen LogP) is 2.70. The third-order valence-corrected chi connectivity index (χ3v) is 4.41. The van der Waals surface area contributed by atoms with E-state index in [2.05, 4.69) is 6.07 Å². The van der Waals surface area contributed by atoms with E-state index >= 15 is 0 Å². The molecule has 1 aromatic carbocycles. The summed E-state index contributed by atoms with van der Waals surface area (Å²) in [5, 5.41) is 9.24. The number of halogens is 1. The summed E-state index contributed by atoms with van der Waals surface area (Å²) in [6, 6.07) is 8.06. The molecule has 1 heterocycles. The number of ether oxygens (including phenoxy) is 1. The maximum atomic E-state index is 12.9. The number of rotatable bonds is 6. The maximum Gasteiger partial charge on any atom is 0.310 e. The van der Waals surface area contributed by atoms with Crippen LogP contribution in [-0.4, -0.2) is 36.5 Å². The highest BCUT2D eigenvalue weighted by molar-refractivity contribution is 5.78. The fourth-order valence-corrected chi connectivity index (χ4v) is 2.97. The zero-order valence-corrected chi connectivity index (χ0v) is 14.4. The van der Waals surface area contributed by atoms with E-state index in [0.717, 1.165) is 12.0 Å². The number of nitrogens with zero attached hydrogens (tertiary/aromatic N) is 2. The Bertz CT molecular complexity index is 639. The summed E-state index contributed by atoms with van der Waals surface area (Å²) < 4.78 is 18.2. The maximum absolute atomic E-state index is 12.9. The van der Waals surface area contributed by atoms with Crippen molar-refractivity contribution in [3.05, 3.63) is 35.6 Å². The average molecular weight is 346 g/mol. The Morgan fingerprint density at radius 2 is 2.12 bits per heavy atom. The highest BCUT2D eigenvalue weighted by atomic mass is 19.1. The Hall–Kier alpha value is -2.42. The second-order valence-electron chi connectivity index (χ2n) is 6.32. The van der Waals surface area contributed by atoms with Gasteiger partial charge < -0.3 is 9.64 Å².